The molecule has 8 nitrogen and oxygen atoms in total. The fourth-order valence-electron chi connectivity index (χ4n) is 3.33. The number of carbonyl (C=O) groups excluding carboxylic acids is 1. The number of nitrogens with zero attached hydrogens (tertiary/aromatic N) is 6. The maximum Gasteiger partial charge on any atom is 0.296 e. The van der Waals surface area contributed by atoms with Crippen LogP contribution in [0.1, 0.15) is 21.9 Å². The molecule has 0 fully saturated rings. The SMILES string of the molecule is Cc1ccnc2nc(C(=O)Nc3ccnn3Cc3cccc4ccccc34)nn12. The fraction of sp³-hybridized carbons (Fsp3) is 0.0952. The minimum Gasteiger partial charge on any atom is -0.304 e. The van der Waals surface area contributed by atoms with E-state index in [-0.39, 0.29) is 5.82 Å². The van der Waals surface area contributed by atoms with Crippen LogP contribution in [0, 0.1) is 6.92 Å². The Bertz CT molecular complexity index is 1350. The van der Waals surface area contributed by atoms with Gasteiger partial charge in [-0.25, -0.2) is 14.2 Å². The summed E-state index contributed by atoms with van der Waals surface area (Å²) < 4.78 is 3.29. The second-order valence-corrected chi connectivity index (χ2v) is 6.70. The molecule has 0 aliphatic rings. The molecule has 3 heterocycles. The highest BCUT2D eigenvalue weighted by Crippen LogP contribution is 2.20. The van der Waals surface area contributed by atoms with Gasteiger partial charge in [-0.3, -0.25) is 4.79 Å². The Morgan fingerprint density at radius 3 is 2.79 bits per heavy atom. The van der Waals surface area contributed by atoms with E-state index < -0.39 is 5.91 Å². The second kappa shape index (κ2) is 6.83. The lowest BCUT2D eigenvalue weighted by atomic mass is 10.0. The maximum atomic E-state index is 12.7. The van der Waals surface area contributed by atoms with Crippen molar-refractivity contribution >= 4 is 28.3 Å². The molecule has 0 unspecified atom stereocenters. The van der Waals surface area contributed by atoms with Crippen molar-refractivity contribution in [3.8, 4) is 0 Å². The Hall–Kier alpha value is -4.07. The molecule has 1 N–H and O–H groups in total. The smallest absolute Gasteiger partial charge is 0.296 e. The quantitative estimate of drug-likeness (QED) is 0.515. The summed E-state index contributed by atoms with van der Waals surface area (Å²) >= 11 is 0. The lowest BCUT2D eigenvalue weighted by Crippen LogP contribution is -2.17. The van der Waals surface area contributed by atoms with E-state index in [2.05, 4.69) is 49.7 Å². The van der Waals surface area contributed by atoms with Gasteiger partial charge in [-0.15, -0.1) is 5.10 Å². The first-order valence-corrected chi connectivity index (χ1v) is 9.17. The molecule has 0 aliphatic heterocycles. The third-order valence-electron chi connectivity index (χ3n) is 4.79. The van der Waals surface area contributed by atoms with Crippen LogP contribution in [0.15, 0.2) is 67.0 Å². The number of anilines is 1. The summed E-state index contributed by atoms with van der Waals surface area (Å²) in [6.07, 6.45) is 3.30. The summed E-state index contributed by atoms with van der Waals surface area (Å²) in [6.45, 7) is 2.41. The van der Waals surface area contributed by atoms with Gasteiger partial charge in [0.05, 0.1) is 12.7 Å². The summed E-state index contributed by atoms with van der Waals surface area (Å²) in [7, 11) is 0. The molecule has 0 atom stereocenters. The van der Waals surface area contributed by atoms with E-state index in [9.17, 15) is 4.79 Å². The largest absolute Gasteiger partial charge is 0.304 e. The average Bonchev–Trinajstić information content (AvgIpc) is 3.36. The van der Waals surface area contributed by atoms with E-state index in [1.807, 2.05) is 31.2 Å². The molecule has 142 valence electrons. The van der Waals surface area contributed by atoms with Gasteiger partial charge in [0, 0.05) is 18.0 Å². The summed E-state index contributed by atoms with van der Waals surface area (Å²) in [4.78, 5) is 21.0. The first-order valence-electron chi connectivity index (χ1n) is 9.17. The Balaban J connectivity index is 1.42. The zero-order valence-electron chi connectivity index (χ0n) is 15.6. The van der Waals surface area contributed by atoms with Crippen molar-refractivity contribution in [3.63, 3.8) is 0 Å². The van der Waals surface area contributed by atoms with Crippen LogP contribution in [-0.4, -0.2) is 35.3 Å². The van der Waals surface area contributed by atoms with Crippen molar-refractivity contribution < 1.29 is 4.79 Å². The minimum absolute atomic E-state index is 0.0599. The molecule has 5 aromatic rings. The zero-order chi connectivity index (χ0) is 19.8. The van der Waals surface area contributed by atoms with Crippen LogP contribution < -0.4 is 5.32 Å². The van der Waals surface area contributed by atoms with Crippen LogP contribution in [0.3, 0.4) is 0 Å². The summed E-state index contributed by atoms with van der Waals surface area (Å²) in [5.41, 5.74) is 1.97. The van der Waals surface area contributed by atoms with Gasteiger partial charge < -0.3 is 5.32 Å². The zero-order valence-corrected chi connectivity index (χ0v) is 15.6. The molecule has 0 aliphatic carbocycles. The molecule has 0 saturated carbocycles. The average molecular weight is 383 g/mol. The number of amides is 1. The Labute approximate surface area is 165 Å². The van der Waals surface area contributed by atoms with Gasteiger partial charge >= 0.3 is 0 Å². The lowest BCUT2D eigenvalue weighted by Gasteiger charge is -2.10. The van der Waals surface area contributed by atoms with Crippen molar-refractivity contribution in [1.82, 2.24) is 29.4 Å². The number of hydrogen-bond donors (Lipinski definition) is 1. The van der Waals surface area contributed by atoms with Crippen molar-refractivity contribution in [2.75, 3.05) is 5.32 Å². The molecule has 8 heteroatoms. The summed E-state index contributed by atoms with van der Waals surface area (Å²) in [6, 6.07) is 17.9. The van der Waals surface area contributed by atoms with Gasteiger partial charge in [0.25, 0.3) is 11.7 Å². The standard InChI is InChI=1S/C21H17N7O/c1-14-9-11-22-21-25-19(26-28(14)21)20(29)24-18-10-12-23-27(18)13-16-7-4-6-15-5-2-3-8-17(15)16/h2-12H,13H2,1H3,(H,24,29). The van der Waals surface area contributed by atoms with Gasteiger partial charge in [0.2, 0.25) is 5.82 Å². The maximum absolute atomic E-state index is 12.7. The van der Waals surface area contributed by atoms with E-state index in [1.165, 1.54) is 5.39 Å². The van der Waals surface area contributed by atoms with E-state index in [4.69, 9.17) is 0 Å². The van der Waals surface area contributed by atoms with Crippen LogP contribution in [0.25, 0.3) is 16.6 Å². The van der Waals surface area contributed by atoms with Gasteiger partial charge in [0.1, 0.15) is 5.82 Å². The number of nitrogens with one attached hydrogen (secondary N) is 1. The summed E-state index contributed by atoms with van der Waals surface area (Å²) in [5, 5.41) is 13.8. The van der Waals surface area contributed by atoms with Crippen molar-refractivity contribution in [2.24, 2.45) is 0 Å². The number of fused-ring (bicyclic) bond motifs is 2. The molecular formula is C21H17N7O. The number of rotatable bonds is 4. The third-order valence-corrected chi connectivity index (χ3v) is 4.79. The molecule has 2 aromatic carbocycles. The fourth-order valence-corrected chi connectivity index (χ4v) is 3.33. The number of aromatic nitrogens is 6. The van der Waals surface area contributed by atoms with Gasteiger partial charge in [-0.2, -0.15) is 10.1 Å². The molecule has 0 bridgehead atoms. The monoisotopic (exact) mass is 383 g/mol. The third kappa shape index (κ3) is 3.10. The van der Waals surface area contributed by atoms with Crippen LogP contribution in [0.4, 0.5) is 5.82 Å². The van der Waals surface area contributed by atoms with Crippen molar-refractivity contribution in [2.45, 2.75) is 13.5 Å². The van der Waals surface area contributed by atoms with Crippen LogP contribution in [0.2, 0.25) is 0 Å². The molecule has 0 saturated heterocycles. The molecule has 3 aromatic heterocycles. The highest BCUT2D eigenvalue weighted by molar-refractivity contribution is 6.01. The topological polar surface area (TPSA) is 90.0 Å². The van der Waals surface area contributed by atoms with Crippen LogP contribution in [-0.2, 0) is 6.54 Å². The van der Waals surface area contributed by atoms with Gasteiger partial charge in [-0.1, -0.05) is 42.5 Å². The van der Waals surface area contributed by atoms with E-state index in [0.29, 0.717) is 18.1 Å². The van der Waals surface area contributed by atoms with Crippen molar-refractivity contribution in [3.05, 3.63) is 84.1 Å². The molecular weight excluding hydrogens is 366 g/mol. The van der Waals surface area contributed by atoms with E-state index >= 15 is 0 Å². The molecule has 0 radical (unpaired) electrons. The minimum atomic E-state index is -0.408. The van der Waals surface area contributed by atoms with E-state index in [1.54, 1.807) is 27.7 Å². The first-order chi connectivity index (χ1) is 14.2. The van der Waals surface area contributed by atoms with E-state index in [0.717, 1.165) is 16.6 Å². The Morgan fingerprint density at radius 2 is 1.90 bits per heavy atom. The highest BCUT2D eigenvalue weighted by atomic mass is 16.2. The number of hydrogen-bond acceptors (Lipinski definition) is 5. The van der Waals surface area contributed by atoms with Crippen LogP contribution in [0.5, 0.6) is 0 Å². The highest BCUT2D eigenvalue weighted by Gasteiger charge is 2.16. The molecule has 1 amide bonds. The van der Waals surface area contributed by atoms with Crippen LogP contribution >= 0.6 is 0 Å². The second-order valence-electron chi connectivity index (χ2n) is 6.70. The summed E-state index contributed by atoms with van der Waals surface area (Å²) in [5.74, 6) is 0.616. The number of benzene rings is 2. The Kier molecular flexibility index (Phi) is 4.02. The predicted molar refractivity (Wildman–Crippen MR) is 109 cm³/mol. The molecule has 0 spiro atoms. The normalized spacial score (nSPS) is 11.2. The predicted octanol–water partition coefficient (Wildman–Crippen LogP) is 3.08. The first kappa shape index (κ1) is 17.1. The number of carbonyl (C=O) groups is 1. The van der Waals surface area contributed by atoms with Gasteiger partial charge in [0.15, 0.2) is 0 Å². The number of aryl methyl sites for hydroxylation is 1. The van der Waals surface area contributed by atoms with Gasteiger partial charge in [-0.05, 0) is 29.3 Å². The molecule has 29 heavy (non-hydrogen) atoms. The lowest BCUT2D eigenvalue weighted by molar-refractivity contribution is 0.101. The Morgan fingerprint density at radius 1 is 1.03 bits per heavy atom. The molecule has 5 rings (SSSR count). The van der Waals surface area contributed by atoms with Crippen molar-refractivity contribution in [1.29, 1.82) is 0 Å².